The molecule has 0 spiro atoms. The van der Waals surface area contributed by atoms with Crippen LogP contribution in [0.1, 0.15) is 18.1 Å². The number of likely N-dealkylation sites (N-methyl/N-ethyl adjacent to an activating group) is 1. The monoisotopic (exact) mass is 451 g/mol. The standard InChI is InChI=1S/C23H25N5O5/c1-4-26-13-17(9-15-5-7-19(24-2)21(11-15)27(30)31)23(29)18(14-26)10-16-6-8-20(25-3)22(12-16)28(32)33/h5-12,24-25H,4,13-14H2,1-3H3/b17-9-,18-10+. The molecule has 0 radical (unpaired) electrons. The molecule has 2 aromatic rings. The number of hydrogen-bond donors (Lipinski definition) is 2. The zero-order valence-corrected chi connectivity index (χ0v) is 18.6. The highest BCUT2D eigenvalue weighted by atomic mass is 16.6. The van der Waals surface area contributed by atoms with Gasteiger partial charge in [-0.25, -0.2) is 0 Å². The summed E-state index contributed by atoms with van der Waals surface area (Å²) in [5.41, 5.74) is 2.74. The Morgan fingerprint density at radius 1 is 0.879 bits per heavy atom. The number of nitro benzene ring substituents is 2. The second-order valence-electron chi connectivity index (χ2n) is 7.54. The van der Waals surface area contributed by atoms with Crippen molar-refractivity contribution in [1.29, 1.82) is 0 Å². The van der Waals surface area contributed by atoms with E-state index in [-0.39, 0.29) is 17.2 Å². The minimum absolute atomic E-state index is 0.0739. The summed E-state index contributed by atoms with van der Waals surface area (Å²) in [6.45, 7) is 3.49. The van der Waals surface area contributed by atoms with E-state index in [4.69, 9.17) is 0 Å². The molecule has 0 amide bonds. The van der Waals surface area contributed by atoms with Gasteiger partial charge in [0.1, 0.15) is 11.4 Å². The first-order valence-corrected chi connectivity index (χ1v) is 10.4. The van der Waals surface area contributed by atoms with Crippen LogP contribution < -0.4 is 10.6 Å². The number of Topliss-reactive ketones (excluding diaryl/α,β-unsaturated/α-hetero) is 1. The van der Waals surface area contributed by atoms with Crippen molar-refractivity contribution in [2.75, 3.05) is 44.4 Å². The Morgan fingerprint density at radius 2 is 1.30 bits per heavy atom. The molecule has 1 aliphatic heterocycles. The molecule has 0 unspecified atom stereocenters. The predicted octanol–water partition coefficient (Wildman–Crippen LogP) is 3.96. The van der Waals surface area contributed by atoms with Gasteiger partial charge in [0, 0.05) is 50.5 Å². The van der Waals surface area contributed by atoms with Crippen LogP contribution in [-0.2, 0) is 4.79 Å². The molecule has 0 bridgehead atoms. The Morgan fingerprint density at radius 3 is 1.64 bits per heavy atom. The van der Waals surface area contributed by atoms with Crippen LogP contribution in [-0.4, -0.2) is 54.3 Å². The van der Waals surface area contributed by atoms with E-state index in [0.29, 0.717) is 53.3 Å². The summed E-state index contributed by atoms with van der Waals surface area (Å²) in [6, 6.07) is 9.50. The van der Waals surface area contributed by atoms with Crippen molar-refractivity contribution < 1.29 is 14.6 Å². The van der Waals surface area contributed by atoms with Crippen LogP contribution in [0.25, 0.3) is 12.2 Å². The Balaban J connectivity index is 2.01. The molecule has 1 fully saturated rings. The van der Waals surface area contributed by atoms with E-state index in [2.05, 4.69) is 15.5 Å². The molecule has 0 aliphatic carbocycles. The Labute approximate surface area is 190 Å². The van der Waals surface area contributed by atoms with Gasteiger partial charge in [-0.05, 0) is 42.0 Å². The van der Waals surface area contributed by atoms with Gasteiger partial charge in [-0.3, -0.25) is 29.9 Å². The summed E-state index contributed by atoms with van der Waals surface area (Å²) >= 11 is 0. The first-order valence-electron chi connectivity index (χ1n) is 10.4. The van der Waals surface area contributed by atoms with Gasteiger partial charge in [0.05, 0.1) is 9.85 Å². The number of benzene rings is 2. The van der Waals surface area contributed by atoms with Crippen LogP contribution in [0.4, 0.5) is 22.7 Å². The topological polar surface area (TPSA) is 131 Å². The van der Waals surface area contributed by atoms with Crippen LogP contribution in [0.5, 0.6) is 0 Å². The minimum atomic E-state index is -0.470. The highest BCUT2D eigenvalue weighted by Gasteiger charge is 2.26. The summed E-state index contributed by atoms with van der Waals surface area (Å²) < 4.78 is 0. The molecule has 0 aromatic heterocycles. The molecule has 1 aliphatic rings. The van der Waals surface area contributed by atoms with Gasteiger partial charge >= 0.3 is 0 Å². The number of anilines is 2. The number of likely N-dealkylation sites (tertiary alicyclic amines) is 1. The number of nitrogens with zero attached hydrogens (tertiary/aromatic N) is 3. The third-order valence-corrected chi connectivity index (χ3v) is 5.48. The third-order valence-electron chi connectivity index (χ3n) is 5.48. The predicted molar refractivity (Wildman–Crippen MR) is 128 cm³/mol. The molecule has 0 atom stereocenters. The number of hydrogen-bond acceptors (Lipinski definition) is 8. The smallest absolute Gasteiger partial charge is 0.292 e. The van der Waals surface area contributed by atoms with Gasteiger partial charge < -0.3 is 10.6 Å². The molecule has 3 rings (SSSR count). The van der Waals surface area contributed by atoms with Crippen molar-refractivity contribution in [3.63, 3.8) is 0 Å². The summed E-state index contributed by atoms with van der Waals surface area (Å²) in [4.78, 5) is 37.1. The fourth-order valence-corrected chi connectivity index (χ4v) is 3.74. The summed E-state index contributed by atoms with van der Waals surface area (Å²) in [6.07, 6.45) is 3.33. The lowest BCUT2D eigenvalue weighted by Gasteiger charge is -2.28. The Hall–Kier alpha value is -4.05. The third kappa shape index (κ3) is 5.24. The van der Waals surface area contributed by atoms with Crippen molar-refractivity contribution in [2.24, 2.45) is 0 Å². The van der Waals surface area contributed by atoms with Crippen molar-refractivity contribution in [2.45, 2.75) is 6.92 Å². The number of nitrogens with one attached hydrogen (secondary N) is 2. The highest BCUT2D eigenvalue weighted by Crippen LogP contribution is 2.29. The van der Waals surface area contributed by atoms with Crippen LogP contribution in [0, 0.1) is 20.2 Å². The fraction of sp³-hybridized carbons (Fsp3) is 0.261. The first kappa shape index (κ1) is 23.6. The van der Waals surface area contributed by atoms with E-state index in [0.717, 1.165) is 0 Å². The fourth-order valence-electron chi connectivity index (χ4n) is 3.74. The van der Waals surface area contributed by atoms with Crippen molar-refractivity contribution in [1.82, 2.24) is 4.90 Å². The molecular formula is C23H25N5O5. The SMILES string of the molecule is CCN1C/C(=C/c2ccc(NC)c([N+](=O)[O-])c2)C(=O)/C(=C/c2ccc(NC)c([N+](=O)[O-])c2)C1. The van der Waals surface area contributed by atoms with Crippen LogP contribution in [0.15, 0.2) is 47.5 Å². The maximum Gasteiger partial charge on any atom is 0.292 e. The van der Waals surface area contributed by atoms with Crippen molar-refractivity contribution in [3.05, 3.63) is 78.9 Å². The maximum absolute atomic E-state index is 13.2. The number of carbonyl (C=O) groups excluding carboxylic acids is 1. The number of rotatable bonds is 7. The average molecular weight is 451 g/mol. The average Bonchev–Trinajstić information content (AvgIpc) is 2.81. The zero-order chi connectivity index (χ0) is 24.1. The van der Waals surface area contributed by atoms with Gasteiger partial charge in [0.2, 0.25) is 0 Å². The normalized spacial score (nSPS) is 16.8. The van der Waals surface area contributed by atoms with E-state index in [1.54, 1.807) is 50.5 Å². The largest absolute Gasteiger partial charge is 0.383 e. The number of carbonyl (C=O) groups is 1. The molecule has 0 saturated carbocycles. The lowest BCUT2D eigenvalue weighted by molar-refractivity contribution is -0.384. The maximum atomic E-state index is 13.2. The number of ketones is 1. The number of piperidine rings is 1. The summed E-state index contributed by atoms with van der Waals surface area (Å²) in [5.74, 6) is -0.180. The van der Waals surface area contributed by atoms with Gasteiger partial charge in [-0.2, -0.15) is 0 Å². The van der Waals surface area contributed by atoms with Gasteiger partial charge in [-0.1, -0.05) is 19.1 Å². The minimum Gasteiger partial charge on any atom is -0.383 e. The quantitative estimate of drug-likeness (QED) is 0.367. The summed E-state index contributed by atoms with van der Waals surface area (Å²) in [5, 5.41) is 28.3. The molecule has 1 heterocycles. The van der Waals surface area contributed by atoms with E-state index in [1.165, 1.54) is 12.1 Å². The van der Waals surface area contributed by atoms with E-state index in [1.807, 2.05) is 6.92 Å². The first-order chi connectivity index (χ1) is 15.8. The lowest BCUT2D eigenvalue weighted by atomic mass is 9.94. The van der Waals surface area contributed by atoms with Gasteiger partial charge in [0.25, 0.3) is 11.4 Å². The van der Waals surface area contributed by atoms with E-state index < -0.39 is 9.85 Å². The molecular weight excluding hydrogens is 426 g/mol. The van der Waals surface area contributed by atoms with E-state index in [9.17, 15) is 25.0 Å². The van der Waals surface area contributed by atoms with Gasteiger partial charge in [-0.15, -0.1) is 0 Å². The van der Waals surface area contributed by atoms with E-state index >= 15 is 0 Å². The molecule has 2 N–H and O–H groups in total. The zero-order valence-electron chi connectivity index (χ0n) is 18.6. The molecule has 33 heavy (non-hydrogen) atoms. The summed E-state index contributed by atoms with van der Waals surface area (Å²) in [7, 11) is 3.21. The van der Waals surface area contributed by atoms with Crippen LogP contribution >= 0.6 is 0 Å². The molecule has 1 saturated heterocycles. The van der Waals surface area contributed by atoms with Crippen LogP contribution in [0.3, 0.4) is 0 Å². The number of nitro groups is 2. The second kappa shape index (κ2) is 10.0. The second-order valence-corrected chi connectivity index (χ2v) is 7.54. The Kier molecular flexibility index (Phi) is 7.19. The Bertz CT molecular complexity index is 1080. The molecule has 10 nitrogen and oxygen atoms in total. The lowest BCUT2D eigenvalue weighted by Crippen LogP contribution is -2.37. The van der Waals surface area contributed by atoms with Gasteiger partial charge in [0.15, 0.2) is 5.78 Å². The van der Waals surface area contributed by atoms with Crippen LogP contribution in [0.2, 0.25) is 0 Å². The van der Waals surface area contributed by atoms with Crippen molar-refractivity contribution >= 4 is 40.7 Å². The molecule has 10 heteroatoms. The highest BCUT2D eigenvalue weighted by molar-refractivity contribution is 6.14. The molecule has 172 valence electrons. The van der Waals surface area contributed by atoms with Crippen molar-refractivity contribution in [3.8, 4) is 0 Å². The molecule has 2 aromatic carbocycles.